The first-order chi connectivity index (χ1) is 12.9. The summed E-state index contributed by atoms with van der Waals surface area (Å²) in [5.74, 6) is -0.0691. The molecule has 7 heteroatoms. The first-order valence-corrected chi connectivity index (χ1v) is 10.0. The molecule has 3 heterocycles. The van der Waals surface area contributed by atoms with Crippen molar-refractivity contribution in [1.29, 1.82) is 0 Å². The van der Waals surface area contributed by atoms with E-state index in [4.69, 9.17) is 0 Å². The maximum absolute atomic E-state index is 13.3. The molecular weight excluding hydrogens is 371 g/mol. The van der Waals surface area contributed by atoms with Crippen molar-refractivity contribution in [1.82, 2.24) is 14.6 Å². The van der Waals surface area contributed by atoms with E-state index in [0.29, 0.717) is 31.5 Å². The second-order valence-electron chi connectivity index (χ2n) is 7.15. The van der Waals surface area contributed by atoms with Crippen LogP contribution in [0.4, 0.5) is 13.2 Å². The molecule has 2 aliphatic rings. The first-order valence-electron chi connectivity index (χ1n) is 9.23. The zero-order valence-corrected chi connectivity index (χ0v) is 15.8. The molecule has 1 aromatic carbocycles. The van der Waals surface area contributed by atoms with Gasteiger partial charge in [0.15, 0.2) is 0 Å². The zero-order chi connectivity index (χ0) is 19.0. The molecule has 2 aromatic rings. The Morgan fingerprint density at radius 1 is 1.22 bits per heavy atom. The maximum atomic E-state index is 13.3. The molecular formula is C20H22F3N3S. The van der Waals surface area contributed by atoms with Crippen LogP contribution in [0.1, 0.15) is 46.0 Å². The van der Waals surface area contributed by atoms with E-state index in [1.54, 1.807) is 12.1 Å². The van der Waals surface area contributed by atoms with Crippen molar-refractivity contribution in [2.24, 2.45) is 0 Å². The highest BCUT2D eigenvalue weighted by Gasteiger charge is 2.36. The van der Waals surface area contributed by atoms with Crippen molar-refractivity contribution in [2.75, 3.05) is 19.6 Å². The highest BCUT2D eigenvalue weighted by molar-refractivity contribution is 7.06. The van der Waals surface area contributed by atoms with Gasteiger partial charge in [-0.2, -0.15) is 17.5 Å². The van der Waals surface area contributed by atoms with Gasteiger partial charge in [0.05, 0.1) is 11.3 Å². The number of benzene rings is 1. The van der Waals surface area contributed by atoms with Crippen LogP contribution in [0.15, 0.2) is 30.8 Å². The van der Waals surface area contributed by atoms with Crippen LogP contribution in [0.5, 0.6) is 0 Å². The summed E-state index contributed by atoms with van der Waals surface area (Å²) in [6.45, 7) is 7.47. The predicted octanol–water partition coefficient (Wildman–Crippen LogP) is 4.66. The quantitative estimate of drug-likeness (QED) is 0.822. The number of alkyl halides is 3. The van der Waals surface area contributed by atoms with Gasteiger partial charge in [-0.05, 0) is 60.5 Å². The molecule has 0 radical (unpaired) electrons. The van der Waals surface area contributed by atoms with Crippen LogP contribution >= 0.6 is 11.5 Å². The van der Waals surface area contributed by atoms with Gasteiger partial charge in [0.1, 0.15) is 5.69 Å². The van der Waals surface area contributed by atoms with E-state index in [1.807, 2.05) is 0 Å². The molecule has 0 unspecified atom stereocenters. The summed E-state index contributed by atoms with van der Waals surface area (Å²) >= 11 is 1.52. The van der Waals surface area contributed by atoms with E-state index in [-0.39, 0.29) is 5.92 Å². The minimum atomic E-state index is -4.30. The van der Waals surface area contributed by atoms with E-state index >= 15 is 0 Å². The Hall–Kier alpha value is -1.86. The van der Waals surface area contributed by atoms with Crippen molar-refractivity contribution < 1.29 is 13.2 Å². The largest absolute Gasteiger partial charge is 0.416 e. The van der Waals surface area contributed by atoms with Gasteiger partial charge in [0.25, 0.3) is 0 Å². The molecule has 3 nitrogen and oxygen atoms in total. The average Bonchev–Trinajstić information content (AvgIpc) is 3.11. The maximum Gasteiger partial charge on any atom is 0.416 e. The second kappa shape index (κ2) is 7.28. The Kier molecular flexibility index (Phi) is 4.99. The molecule has 27 heavy (non-hydrogen) atoms. The van der Waals surface area contributed by atoms with Crippen molar-refractivity contribution in [2.45, 2.75) is 37.9 Å². The highest BCUT2D eigenvalue weighted by Crippen LogP contribution is 2.40. The molecule has 1 saturated heterocycles. The Morgan fingerprint density at radius 2 is 1.96 bits per heavy atom. The Bertz CT molecular complexity index is 835. The number of piperidine rings is 1. The standard InChI is InChI=1S/C20H22F3N3S/c1-13(19-16-6-9-24-12-18(16)27-25-19)26-10-7-14(8-11-26)15-4-2-3-5-17(15)20(21,22)23/h2-5,14,24H,1,6-12H2. The minimum absolute atomic E-state index is 0.0691. The lowest BCUT2D eigenvalue weighted by atomic mass is 9.86. The van der Waals surface area contributed by atoms with Gasteiger partial charge in [0, 0.05) is 24.5 Å². The summed E-state index contributed by atoms with van der Waals surface area (Å²) in [6, 6.07) is 5.98. The van der Waals surface area contributed by atoms with Gasteiger partial charge in [-0.1, -0.05) is 24.8 Å². The van der Waals surface area contributed by atoms with Crippen LogP contribution in [0.3, 0.4) is 0 Å². The fraction of sp³-hybridized carbons (Fsp3) is 0.450. The van der Waals surface area contributed by atoms with E-state index in [1.165, 1.54) is 34.1 Å². The van der Waals surface area contributed by atoms with E-state index in [2.05, 4.69) is 21.2 Å². The molecule has 1 N–H and O–H groups in total. The number of likely N-dealkylation sites (tertiary alicyclic amines) is 1. The second-order valence-corrected chi connectivity index (χ2v) is 8.01. The number of hydrogen-bond acceptors (Lipinski definition) is 4. The number of nitrogens with zero attached hydrogens (tertiary/aromatic N) is 2. The van der Waals surface area contributed by atoms with Crippen LogP contribution in [0.2, 0.25) is 0 Å². The van der Waals surface area contributed by atoms with Gasteiger partial charge in [-0.15, -0.1) is 0 Å². The van der Waals surface area contributed by atoms with Gasteiger partial charge >= 0.3 is 6.18 Å². The molecule has 0 amide bonds. The average molecular weight is 393 g/mol. The smallest absolute Gasteiger partial charge is 0.370 e. The summed E-state index contributed by atoms with van der Waals surface area (Å²) in [4.78, 5) is 3.45. The lowest BCUT2D eigenvalue weighted by Crippen LogP contribution is -2.32. The number of fused-ring (bicyclic) bond motifs is 1. The molecule has 0 saturated carbocycles. The molecule has 144 valence electrons. The number of rotatable bonds is 3. The summed E-state index contributed by atoms with van der Waals surface area (Å²) < 4.78 is 44.6. The molecule has 2 aliphatic heterocycles. The Morgan fingerprint density at radius 3 is 2.70 bits per heavy atom. The third kappa shape index (κ3) is 3.62. The third-order valence-electron chi connectivity index (χ3n) is 5.56. The lowest BCUT2D eigenvalue weighted by molar-refractivity contribution is -0.138. The van der Waals surface area contributed by atoms with Gasteiger partial charge < -0.3 is 10.2 Å². The SMILES string of the molecule is C=C(c1nsc2c1CCNC2)N1CCC(c2ccccc2C(F)(F)F)CC1. The summed E-state index contributed by atoms with van der Waals surface area (Å²) in [5, 5.41) is 3.35. The topological polar surface area (TPSA) is 28.2 Å². The Labute approximate surface area is 161 Å². The van der Waals surface area contributed by atoms with Gasteiger partial charge in [-0.3, -0.25) is 0 Å². The van der Waals surface area contributed by atoms with Crippen LogP contribution in [0, 0.1) is 0 Å². The normalized spacial score (nSPS) is 18.4. The number of nitrogens with one attached hydrogen (secondary N) is 1. The third-order valence-corrected chi connectivity index (χ3v) is 6.45. The summed E-state index contributed by atoms with van der Waals surface area (Å²) in [6.07, 6.45) is -1.96. The van der Waals surface area contributed by atoms with Gasteiger partial charge in [0.2, 0.25) is 0 Å². The molecule has 0 atom stereocenters. The van der Waals surface area contributed by atoms with Crippen LogP contribution in [-0.2, 0) is 19.1 Å². The van der Waals surface area contributed by atoms with E-state index < -0.39 is 11.7 Å². The lowest BCUT2D eigenvalue weighted by Gasteiger charge is -2.35. The molecule has 4 rings (SSSR count). The van der Waals surface area contributed by atoms with Crippen molar-refractivity contribution in [3.63, 3.8) is 0 Å². The molecule has 0 bridgehead atoms. The van der Waals surface area contributed by atoms with Crippen LogP contribution in [-0.4, -0.2) is 28.9 Å². The fourth-order valence-electron chi connectivity index (χ4n) is 4.10. The van der Waals surface area contributed by atoms with Crippen molar-refractivity contribution in [3.05, 3.63) is 58.1 Å². The first kappa shape index (κ1) is 18.5. The highest BCUT2D eigenvalue weighted by atomic mass is 32.1. The van der Waals surface area contributed by atoms with Gasteiger partial charge in [-0.25, -0.2) is 0 Å². The molecule has 0 spiro atoms. The van der Waals surface area contributed by atoms with Crippen molar-refractivity contribution in [3.8, 4) is 0 Å². The number of hydrogen-bond donors (Lipinski definition) is 1. The molecule has 0 aliphatic carbocycles. The number of aromatic nitrogens is 1. The Balaban J connectivity index is 1.47. The van der Waals surface area contributed by atoms with Crippen LogP contribution in [0.25, 0.3) is 5.70 Å². The fourth-order valence-corrected chi connectivity index (χ4v) is 5.00. The molecule has 1 aromatic heterocycles. The summed E-state index contributed by atoms with van der Waals surface area (Å²) in [5.41, 5.74) is 3.10. The minimum Gasteiger partial charge on any atom is -0.370 e. The predicted molar refractivity (Wildman–Crippen MR) is 102 cm³/mol. The zero-order valence-electron chi connectivity index (χ0n) is 15.0. The van der Waals surface area contributed by atoms with E-state index in [9.17, 15) is 13.2 Å². The monoisotopic (exact) mass is 393 g/mol. The van der Waals surface area contributed by atoms with E-state index in [0.717, 1.165) is 30.9 Å². The summed E-state index contributed by atoms with van der Waals surface area (Å²) in [7, 11) is 0. The number of halogens is 3. The van der Waals surface area contributed by atoms with Crippen molar-refractivity contribution >= 4 is 17.2 Å². The molecule has 1 fully saturated rings. The van der Waals surface area contributed by atoms with Crippen LogP contribution < -0.4 is 5.32 Å².